The van der Waals surface area contributed by atoms with Gasteiger partial charge >= 0.3 is 0 Å². The quantitative estimate of drug-likeness (QED) is 0.830. The molecule has 0 atom stereocenters. The molecule has 0 unspecified atom stereocenters. The molecule has 0 saturated heterocycles. The van der Waals surface area contributed by atoms with Gasteiger partial charge in [-0.1, -0.05) is 24.3 Å². The molecule has 0 bridgehead atoms. The summed E-state index contributed by atoms with van der Waals surface area (Å²) < 4.78 is 0. The molecule has 0 fully saturated rings. The summed E-state index contributed by atoms with van der Waals surface area (Å²) in [6.45, 7) is 0. The summed E-state index contributed by atoms with van der Waals surface area (Å²) in [7, 11) is 0. The number of carbonyl (C=O) groups excluding carboxylic acids is 1. The van der Waals surface area contributed by atoms with Gasteiger partial charge in [0.2, 0.25) is 5.91 Å². The number of para-hydroxylation sites is 1. The van der Waals surface area contributed by atoms with Crippen LogP contribution in [0, 0.1) is 0 Å². The molecule has 0 spiro atoms. The first kappa shape index (κ1) is 11.2. The second-order valence-electron chi connectivity index (χ2n) is 3.20. The van der Waals surface area contributed by atoms with Crippen molar-refractivity contribution in [3.05, 3.63) is 41.8 Å². The van der Waals surface area contributed by atoms with Crippen LogP contribution in [0.5, 0.6) is 0 Å². The van der Waals surface area contributed by atoms with E-state index in [2.05, 4.69) is 5.32 Å². The lowest BCUT2D eigenvalue weighted by Crippen LogP contribution is -2.13. The first-order valence-corrected chi connectivity index (χ1v) is 6.21. The average molecular weight is 252 g/mol. The van der Waals surface area contributed by atoms with Crippen LogP contribution in [0.2, 0.25) is 0 Å². The van der Waals surface area contributed by atoms with Crippen LogP contribution in [0.1, 0.15) is 0 Å². The highest BCUT2D eigenvalue weighted by Gasteiger charge is 2.07. The van der Waals surface area contributed by atoms with Gasteiger partial charge in [-0.25, -0.2) is 0 Å². The molecule has 2 nitrogen and oxygen atoms in total. The molecule has 4 heteroatoms. The monoisotopic (exact) mass is 251 g/mol. The number of hydrogen-bond donors (Lipinski definition) is 1. The number of anilines is 1. The fourth-order valence-corrected chi connectivity index (χ4v) is 2.26. The molecule has 0 aliphatic heterocycles. The fourth-order valence-electron chi connectivity index (χ4n) is 1.42. The Balaban J connectivity index is 2.35. The predicted molar refractivity (Wildman–Crippen MR) is 69.1 cm³/mol. The van der Waals surface area contributed by atoms with Crippen LogP contribution in [-0.2, 0) is 4.79 Å². The highest BCUT2D eigenvalue weighted by Crippen LogP contribution is 2.31. The minimum Gasteiger partial charge on any atom is -0.324 e. The van der Waals surface area contributed by atoms with Gasteiger partial charge in [0, 0.05) is 16.1 Å². The number of halogens is 1. The summed E-state index contributed by atoms with van der Waals surface area (Å²) in [6.07, 6.45) is 0. The summed E-state index contributed by atoms with van der Waals surface area (Å²) in [4.78, 5) is 12.4. The molecule has 1 N–H and O–H groups in total. The third-order valence-corrected chi connectivity index (χ3v) is 3.26. The molecule has 0 saturated carbocycles. The lowest BCUT2D eigenvalue weighted by molar-refractivity contribution is -0.113. The van der Waals surface area contributed by atoms with Crippen molar-refractivity contribution >= 4 is 34.5 Å². The molecule has 1 aromatic carbocycles. The third-order valence-electron chi connectivity index (χ3n) is 2.11. The van der Waals surface area contributed by atoms with Crippen LogP contribution in [-0.4, -0.2) is 11.8 Å². The number of rotatable bonds is 3. The predicted octanol–water partition coefficient (Wildman–Crippen LogP) is 3.59. The number of nitrogens with one attached hydrogen (secondary N) is 1. The van der Waals surface area contributed by atoms with Crippen molar-refractivity contribution in [3.63, 3.8) is 0 Å². The van der Waals surface area contributed by atoms with E-state index in [1.54, 1.807) is 11.3 Å². The average Bonchev–Trinajstić information content (AvgIpc) is 2.83. The minimum atomic E-state index is -0.189. The molecule has 1 aromatic heterocycles. The van der Waals surface area contributed by atoms with E-state index in [4.69, 9.17) is 11.6 Å². The molecule has 0 radical (unpaired) electrons. The molecule has 2 rings (SSSR count). The Morgan fingerprint density at radius 1 is 1.25 bits per heavy atom. The Labute approximate surface area is 103 Å². The van der Waals surface area contributed by atoms with Gasteiger partial charge < -0.3 is 5.32 Å². The Hall–Kier alpha value is -1.32. The van der Waals surface area contributed by atoms with Gasteiger partial charge in [-0.3, -0.25) is 4.79 Å². The lowest BCUT2D eigenvalue weighted by atomic mass is 10.1. The standard InChI is InChI=1S/C12H10ClNOS/c13-8-12(15)14-10-5-2-1-4-9(10)11-6-3-7-16-11/h1-7H,8H2,(H,14,15). The highest BCUT2D eigenvalue weighted by molar-refractivity contribution is 7.13. The molecule has 82 valence electrons. The maximum atomic E-state index is 11.3. The van der Waals surface area contributed by atoms with Crippen LogP contribution < -0.4 is 5.32 Å². The molecule has 1 heterocycles. The van der Waals surface area contributed by atoms with Crippen molar-refractivity contribution in [2.24, 2.45) is 0 Å². The van der Waals surface area contributed by atoms with Crippen LogP contribution in [0.3, 0.4) is 0 Å². The van der Waals surface area contributed by atoms with Crippen LogP contribution in [0.25, 0.3) is 10.4 Å². The molecular formula is C12H10ClNOS. The Morgan fingerprint density at radius 3 is 2.75 bits per heavy atom. The van der Waals surface area contributed by atoms with Gasteiger partial charge in [0.05, 0.1) is 0 Å². The maximum absolute atomic E-state index is 11.3. The van der Waals surface area contributed by atoms with E-state index < -0.39 is 0 Å². The Morgan fingerprint density at radius 2 is 2.06 bits per heavy atom. The second kappa shape index (κ2) is 5.14. The van der Waals surface area contributed by atoms with Gasteiger partial charge in [0.25, 0.3) is 0 Å². The minimum absolute atomic E-state index is 0.0290. The summed E-state index contributed by atoms with van der Waals surface area (Å²) in [5.74, 6) is -0.218. The molecule has 0 aliphatic carbocycles. The smallest absolute Gasteiger partial charge is 0.239 e. The summed E-state index contributed by atoms with van der Waals surface area (Å²) >= 11 is 7.11. The van der Waals surface area contributed by atoms with Gasteiger partial charge in [-0.2, -0.15) is 0 Å². The van der Waals surface area contributed by atoms with E-state index in [1.165, 1.54) is 0 Å². The van der Waals surface area contributed by atoms with E-state index in [1.807, 2.05) is 41.8 Å². The number of carbonyl (C=O) groups is 1. The number of hydrogen-bond acceptors (Lipinski definition) is 2. The van der Waals surface area contributed by atoms with Crippen molar-refractivity contribution in [1.82, 2.24) is 0 Å². The van der Waals surface area contributed by atoms with Crippen molar-refractivity contribution in [3.8, 4) is 10.4 Å². The normalized spacial score (nSPS) is 10.1. The number of amides is 1. The van der Waals surface area contributed by atoms with Crippen LogP contribution in [0.4, 0.5) is 5.69 Å². The second-order valence-corrected chi connectivity index (χ2v) is 4.42. The fraction of sp³-hybridized carbons (Fsp3) is 0.0833. The van der Waals surface area contributed by atoms with E-state index in [0.717, 1.165) is 16.1 Å². The van der Waals surface area contributed by atoms with Gasteiger partial charge in [0.15, 0.2) is 0 Å². The molecule has 0 aliphatic rings. The first-order chi connectivity index (χ1) is 7.81. The number of alkyl halides is 1. The van der Waals surface area contributed by atoms with E-state index in [9.17, 15) is 4.79 Å². The largest absolute Gasteiger partial charge is 0.324 e. The zero-order valence-corrected chi connectivity index (χ0v) is 10.0. The van der Waals surface area contributed by atoms with E-state index in [-0.39, 0.29) is 11.8 Å². The molecular weight excluding hydrogens is 242 g/mol. The number of thiophene rings is 1. The first-order valence-electron chi connectivity index (χ1n) is 4.80. The van der Waals surface area contributed by atoms with Crippen LogP contribution in [0.15, 0.2) is 41.8 Å². The van der Waals surface area contributed by atoms with Crippen molar-refractivity contribution in [2.45, 2.75) is 0 Å². The summed E-state index contributed by atoms with van der Waals surface area (Å²) in [5.41, 5.74) is 1.83. The Kier molecular flexibility index (Phi) is 3.59. The third kappa shape index (κ3) is 2.43. The van der Waals surface area contributed by atoms with Crippen molar-refractivity contribution in [2.75, 3.05) is 11.2 Å². The highest BCUT2D eigenvalue weighted by atomic mass is 35.5. The van der Waals surface area contributed by atoms with Crippen molar-refractivity contribution < 1.29 is 4.79 Å². The number of benzene rings is 1. The van der Waals surface area contributed by atoms with E-state index >= 15 is 0 Å². The summed E-state index contributed by atoms with van der Waals surface area (Å²) in [6, 6.07) is 11.7. The maximum Gasteiger partial charge on any atom is 0.239 e. The van der Waals surface area contributed by atoms with Crippen molar-refractivity contribution in [1.29, 1.82) is 0 Å². The van der Waals surface area contributed by atoms with Gasteiger partial charge in [0.1, 0.15) is 5.88 Å². The van der Waals surface area contributed by atoms with Gasteiger partial charge in [-0.05, 0) is 17.5 Å². The SMILES string of the molecule is O=C(CCl)Nc1ccccc1-c1cccs1. The molecule has 2 aromatic rings. The van der Waals surface area contributed by atoms with Gasteiger partial charge in [-0.15, -0.1) is 22.9 Å². The van der Waals surface area contributed by atoms with Crippen LogP contribution >= 0.6 is 22.9 Å². The zero-order valence-electron chi connectivity index (χ0n) is 8.44. The Bertz CT molecular complexity index is 482. The lowest BCUT2D eigenvalue weighted by Gasteiger charge is -2.08. The molecule has 1 amide bonds. The molecule has 16 heavy (non-hydrogen) atoms. The topological polar surface area (TPSA) is 29.1 Å². The summed E-state index contributed by atoms with van der Waals surface area (Å²) in [5, 5.41) is 4.79. The van der Waals surface area contributed by atoms with E-state index in [0.29, 0.717) is 0 Å². The zero-order chi connectivity index (χ0) is 11.4.